The third kappa shape index (κ3) is 7.32. The lowest BCUT2D eigenvalue weighted by Crippen LogP contribution is -2.39. The van der Waals surface area contributed by atoms with Crippen molar-refractivity contribution in [3.8, 4) is 40.2 Å². The number of aliphatic carboxylic acids is 1. The summed E-state index contributed by atoms with van der Waals surface area (Å²) in [6.45, 7) is 3.15. The summed E-state index contributed by atoms with van der Waals surface area (Å²) < 4.78 is 24.5. The van der Waals surface area contributed by atoms with Gasteiger partial charge in [-0.25, -0.2) is 0 Å². The molecule has 0 aromatic heterocycles. The lowest BCUT2D eigenvalue weighted by Gasteiger charge is -2.20. The first-order valence-corrected chi connectivity index (χ1v) is 14.8. The number of fused-ring (bicyclic) bond motifs is 1. The van der Waals surface area contributed by atoms with Gasteiger partial charge < -0.3 is 29.2 Å². The minimum Gasteiger partial charge on any atom is -0.488 e. The van der Waals surface area contributed by atoms with Crippen LogP contribution in [0.4, 0.5) is 0 Å². The van der Waals surface area contributed by atoms with Gasteiger partial charge in [0.05, 0.1) is 22.7 Å². The summed E-state index contributed by atoms with van der Waals surface area (Å²) in [4.78, 5) is 11.4. The molecule has 226 valence electrons. The highest BCUT2D eigenvalue weighted by molar-refractivity contribution is 9.10. The fourth-order valence-electron chi connectivity index (χ4n) is 4.83. The number of aliphatic hydroxyl groups is 1. The van der Waals surface area contributed by atoms with Crippen LogP contribution in [0, 0.1) is 18.3 Å². The van der Waals surface area contributed by atoms with E-state index >= 15 is 0 Å². The standard InChI is InChI=1S/C34H31BrN2O7/c1-21-25(6-3-7-27(21)24-8-9-30-33(14-24)42-11-10-41-30)20-44-32-15-31(43-19-23-5-2-4-22(12-23)16-36)26(13-28(32)35)17-37-29(18-38)34(39)40/h2-9,12-15,29,37-38H,10-11,17-20H2,1H3,(H,39,40). The number of nitriles is 1. The zero-order valence-corrected chi connectivity index (χ0v) is 25.6. The van der Waals surface area contributed by atoms with Gasteiger partial charge in [0.15, 0.2) is 11.5 Å². The zero-order chi connectivity index (χ0) is 31.1. The lowest BCUT2D eigenvalue weighted by atomic mass is 9.96. The smallest absolute Gasteiger partial charge is 0.323 e. The van der Waals surface area contributed by atoms with Crippen LogP contribution in [0.3, 0.4) is 0 Å². The lowest BCUT2D eigenvalue weighted by molar-refractivity contribution is -0.140. The molecule has 0 fully saturated rings. The number of hydrogen-bond acceptors (Lipinski definition) is 8. The zero-order valence-electron chi connectivity index (χ0n) is 24.0. The molecule has 0 saturated heterocycles. The van der Waals surface area contributed by atoms with Crippen LogP contribution in [0.2, 0.25) is 0 Å². The van der Waals surface area contributed by atoms with Crippen molar-refractivity contribution >= 4 is 21.9 Å². The molecule has 0 bridgehead atoms. The van der Waals surface area contributed by atoms with Gasteiger partial charge in [-0.1, -0.05) is 36.4 Å². The van der Waals surface area contributed by atoms with Gasteiger partial charge in [0.2, 0.25) is 0 Å². The minimum absolute atomic E-state index is 0.126. The molecule has 4 aromatic carbocycles. The van der Waals surface area contributed by atoms with Crippen LogP contribution in [0.5, 0.6) is 23.0 Å². The Hall–Kier alpha value is -4.56. The van der Waals surface area contributed by atoms with Crippen molar-refractivity contribution in [2.75, 3.05) is 19.8 Å². The molecule has 1 atom stereocenters. The van der Waals surface area contributed by atoms with Gasteiger partial charge in [0.1, 0.15) is 44.0 Å². The number of carboxylic acids is 1. The fraction of sp³-hybridized carbons (Fsp3) is 0.235. The van der Waals surface area contributed by atoms with E-state index in [2.05, 4.69) is 40.3 Å². The number of ether oxygens (including phenoxy) is 4. The van der Waals surface area contributed by atoms with Crippen LogP contribution in [-0.4, -0.2) is 42.0 Å². The summed E-state index contributed by atoms with van der Waals surface area (Å²) in [5.41, 5.74) is 6.14. The number of carbonyl (C=O) groups is 1. The van der Waals surface area contributed by atoms with E-state index in [0.29, 0.717) is 40.3 Å². The number of rotatable bonds is 12. The monoisotopic (exact) mass is 658 g/mol. The third-order valence-electron chi connectivity index (χ3n) is 7.27. The molecule has 1 heterocycles. The molecule has 0 saturated carbocycles. The molecule has 1 aliphatic heterocycles. The highest BCUT2D eigenvalue weighted by atomic mass is 79.9. The van der Waals surface area contributed by atoms with E-state index in [-0.39, 0.29) is 19.8 Å². The Labute approximate surface area is 263 Å². The number of carboxylic acid groups (broad SMARTS) is 1. The Morgan fingerprint density at radius 2 is 1.75 bits per heavy atom. The van der Waals surface area contributed by atoms with Crippen molar-refractivity contribution in [3.63, 3.8) is 0 Å². The predicted molar refractivity (Wildman–Crippen MR) is 167 cm³/mol. The second kappa shape index (κ2) is 14.3. The number of nitrogens with one attached hydrogen (secondary N) is 1. The second-order valence-corrected chi connectivity index (χ2v) is 11.0. The largest absolute Gasteiger partial charge is 0.488 e. The summed E-state index contributed by atoms with van der Waals surface area (Å²) in [5.74, 6) is 1.33. The first-order chi connectivity index (χ1) is 21.4. The van der Waals surface area contributed by atoms with E-state index in [4.69, 9.17) is 18.9 Å². The number of benzene rings is 4. The topological polar surface area (TPSA) is 130 Å². The van der Waals surface area contributed by atoms with Crippen molar-refractivity contribution in [2.24, 2.45) is 0 Å². The Morgan fingerprint density at radius 3 is 2.52 bits per heavy atom. The quantitative estimate of drug-likeness (QED) is 0.174. The van der Waals surface area contributed by atoms with E-state index in [1.165, 1.54) is 0 Å². The molecule has 1 unspecified atom stereocenters. The molecule has 1 aliphatic rings. The summed E-state index contributed by atoms with van der Waals surface area (Å²) in [6.07, 6.45) is 0. The van der Waals surface area contributed by atoms with Crippen LogP contribution in [0.1, 0.15) is 27.8 Å². The number of nitrogens with zero attached hydrogens (tertiary/aromatic N) is 1. The molecule has 10 heteroatoms. The van der Waals surface area contributed by atoms with Gasteiger partial charge in [-0.2, -0.15) is 5.26 Å². The van der Waals surface area contributed by atoms with Crippen molar-refractivity contribution < 1.29 is 34.0 Å². The van der Waals surface area contributed by atoms with Gasteiger partial charge >= 0.3 is 5.97 Å². The molecule has 9 nitrogen and oxygen atoms in total. The number of aliphatic hydroxyl groups excluding tert-OH is 1. The fourth-order valence-corrected chi connectivity index (χ4v) is 5.34. The van der Waals surface area contributed by atoms with Crippen LogP contribution >= 0.6 is 15.9 Å². The van der Waals surface area contributed by atoms with Gasteiger partial charge in [-0.3, -0.25) is 10.1 Å². The summed E-state index contributed by atoms with van der Waals surface area (Å²) >= 11 is 3.59. The van der Waals surface area contributed by atoms with E-state index in [0.717, 1.165) is 39.3 Å². The molecule has 4 aromatic rings. The molecule has 0 spiro atoms. The van der Waals surface area contributed by atoms with Crippen LogP contribution in [-0.2, 0) is 24.6 Å². The van der Waals surface area contributed by atoms with Crippen LogP contribution in [0.15, 0.2) is 77.3 Å². The third-order valence-corrected chi connectivity index (χ3v) is 7.89. The minimum atomic E-state index is -1.16. The Kier molecular flexibility index (Phi) is 10.0. The molecule has 5 rings (SSSR count). The maximum atomic E-state index is 11.4. The van der Waals surface area contributed by atoms with Crippen LogP contribution < -0.4 is 24.3 Å². The molecule has 0 amide bonds. The van der Waals surface area contributed by atoms with Crippen LogP contribution in [0.25, 0.3) is 11.1 Å². The maximum absolute atomic E-state index is 11.4. The van der Waals surface area contributed by atoms with Gasteiger partial charge in [0, 0.05) is 18.2 Å². The van der Waals surface area contributed by atoms with Gasteiger partial charge in [-0.15, -0.1) is 0 Å². The highest BCUT2D eigenvalue weighted by Crippen LogP contribution is 2.37. The predicted octanol–water partition coefficient (Wildman–Crippen LogP) is 5.76. The van der Waals surface area contributed by atoms with Crippen molar-refractivity contribution in [3.05, 3.63) is 105 Å². The van der Waals surface area contributed by atoms with E-state index in [1.807, 2.05) is 36.4 Å². The number of halogens is 1. The Bertz CT molecular complexity index is 1700. The molecular weight excluding hydrogens is 628 g/mol. The van der Waals surface area contributed by atoms with Gasteiger partial charge in [-0.05, 0) is 81.0 Å². The van der Waals surface area contributed by atoms with Gasteiger partial charge in [0.25, 0.3) is 0 Å². The first-order valence-electron chi connectivity index (χ1n) is 14.0. The molecular formula is C34H31BrN2O7. The maximum Gasteiger partial charge on any atom is 0.323 e. The average Bonchev–Trinajstić information content (AvgIpc) is 3.04. The second-order valence-electron chi connectivity index (χ2n) is 10.2. The Morgan fingerprint density at radius 1 is 0.977 bits per heavy atom. The van der Waals surface area contributed by atoms with Crippen molar-refractivity contribution in [2.45, 2.75) is 32.7 Å². The van der Waals surface area contributed by atoms with E-state index in [9.17, 15) is 20.3 Å². The molecule has 44 heavy (non-hydrogen) atoms. The first kappa shape index (κ1) is 30.9. The summed E-state index contributed by atoms with van der Waals surface area (Å²) in [6, 6.07) is 23.7. The van der Waals surface area contributed by atoms with Crippen molar-refractivity contribution in [1.29, 1.82) is 5.26 Å². The van der Waals surface area contributed by atoms with E-state index in [1.54, 1.807) is 30.3 Å². The Balaban J connectivity index is 1.37. The van der Waals surface area contributed by atoms with E-state index < -0.39 is 18.6 Å². The summed E-state index contributed by atoms with van der Waals surface area (Å²) in [5, 5.41) is 30.9. The normalized spacial score (nSPS) is 12.7. The highest BCUT2D eigenvalue weighted by Gasteiger charge is 2.19. The SMILES string of the molecule is Cc1c(COc2cc(OCc3cccc(C#N)c3)c(CNC(CO)C(=O)O)cc2Br)cccc1-c1ccc2c(c1)OCCO2. The summed E-state index contributed by atoms with van der Waals surface area (Å²) in [7, 11) is 0. The molecule has 0 radical (unpaired) electrons. The molecule has 3 N–H and O–H groups in total. The average molecular weight is 660 g/mol. The number of hydrogen-bond donors (Lipinski definition) is 3. The molecule has 0 aliphatic carbocycles. The van der Waals surface area contributed by atoms with Crippen molar-refractivity contribution in [1.82, 2.24) is 5.32 Å².